The normalized spacial score (nSPS) is 15.4. The fourth-order valence-corrected chi connectivity index (χ4v) is 0.518. The van der Waals surface area contributed by atoms with E-state index in [2.05, 4.69) is 9.78 Å². The van der Waals surface area contributed by atoms with Crippen LogP contribution in [0.3, 0.4) is 0 Å². The van der Waals surface area contributed by atoms with Crippen LogP contribution in [-0.2, 0) is 9.78 Å². The largest absolute Gasteiger partial charge is 0.460 e. The molecule has 0 atom stereocenters. The zero-order chi connectivity index (χ0) is 13.4. The van der Waals surface area contributed by atoms with Gasteiger partial charge >= 0.3 is 24.1 Å². The van der Waals surface area contributed by atoms with Gasteiger partial charge in [0.25, 0.3) is 0 Å². The van der Waals surface area contributed by atoms with Gasteiger partial charge < -0.3 is 0 Å². The molecule has 0 saturated heterocycles. The van der Waals surface area contributed by atoms with Crippen LogP contribution in [0, 0.1) is 0 Å². The van der Waals surface area contributed by atoms with Crippen molar-refractivity contribution in [3.63, 3.8) is 0 Å². The second-order valence-electron chi connectivity index (χ2n) is 2.41. The number of hydrogen-bond acceptors (Lipinski definition) is 2. The van der Waals surface area contributed by atoms with Crippen molar-refractivity contribution in [1.29, 1.82) is 0 Å². The Labute approximate surface area is 81.8 Å². The van der Waals surface area contributed by atoms with Crippen molar-refractivity contribution in [3.05, 3.63) is 0 Å². The molecule has 0 aliphatic carbocycles. The monoisotopic (exact) mass is 266 g/mol. The van der Waals surface area contributed by atoms with Crippen molar-refractivity contribution in [3.8, 4) is 0 Å². The van der Waals surface area contributed by atoms with E-state index in [-0.39, 0.29) is 7.11 Å². The number of rotatable bonds is 4. The Morgan fingerprint density at radius 3 is 1.31 bits per heavy atom. The molecule has 0 fully saturated rings. The Morgan fingerprint density at radius 2 is 1.06 bits per heavy atom. The molecule has 0 amide bonds. The van der Waals surface area contributed by atoms with Crippen molar-refractivity contribution in [2.75, 3.05) is 7.11 Å². The molecule has 0 aromatic heterocycles. The zero-order valence-electron chi connectivity index (χ0n) is 7.22. The van der Waals surface area contributed by atoms with Crippen LogP contribution < -0.4 is 0 Å². The molecule has 16 heavy (non-hydrogen) atoms. The lowest BCUT2D eigenvalue weighted by Crippen LogP contribution is -2.61. The van der Waals surface area contributed by atoms with Gasteiger partial charge in [-0.3, -0.25) is 0 Å². The van der Waals surface area contributed by atoms with Crippen molar-refractivity contribution >= 4 is 0 Å². The minimum atomic E-state index is -6.97. The van der Waals surface area contributed by atoms with Crippen LogP contribution in [0.15, 0.2) is 0 Å². The summed E-state index contributed by atoms with van der Waals surface area (Å²) < 4.78 is 107. The molecule has 0 N–H and O–H groups in total. The maximum absolute atomic E-state index is 12.2. The molecule has 98 valence electrons. The molecule has 2 nitrogen and oxygen atoms in total. The van der Waals surface area contributed by atoms with E-state index in [0.29, 0.717) is 0 Å². The van der Waals surface area contributed by atoms with Gasteiger partial charge in [0.2, 0.25) is 0 Å². The first-order valence-corrected chi connectivity index (χ1v) is 3.23. The highest BCUT2D eigenvalue weighted by molar-refractivity contribution is 4.96. The van der Waals surface area contributed by atoms with Crippen LogP contribution in [0.4, 0.5) is 39.5 Å². The van der Waals surface area contributed by atoms with E-state index in [4.69, 9.17) is 0 Å². The summed E-state index contributed by atoms with van der Waals surface area (Å²) in [5, 5.41) is 0. The second-order valence-corrected chi connectivity index (χ2v) is 2.41. The minimum Gasteiger partial charge on any atom is -0.234 e. The highest BCUT2D eigenvalue weighted by Gasteiger charge is 2.83. The van der Waals surface area contributed by atoms with Crippen molar-refractivity contribution in [2.45, 2.75) is 24.1 Å². The molecule has 0 saturated carbocycles. The molecule has 0 bridgehead atoms. The Hall–Kier alpha value is -0.710. The summed E-state index contributed by atoms with van der Waals surface area (Å²) in [6.07, 6.45) is -13.0. The summed E-state index contributed by atoms with van der Waals surface area (Å²) >= 11 is 0. The molecule has 0 aromatic carbocycles. The average molecular weight is 266 g/mol. The first-order valence-electron chi connectivity index (χ1n) is 3.23. The van der Waals surface area contributed by atoms with Gasteiger partial charge in [0.1, 0.15) is 0 Å². The number of halogens is 9. The fraction of sp³-hybridized carbons (Fsp3) is 1.00. The fourth-order valence-electron chi connectivity index (χ4n) is 0.518. The third kappa shape index (κ3) is 2.19. The number of hydrogen-bond donors (Lipinski definition) is 0. The van der Waals surface area contributed by atoms with Crippen LogP contribution in [0.5, 0.6) is 0 Å². The summed E-state index contributed by atoms with van der Waals surface area (Å²) in [7, 11) is 0.232. The Morgan fingerprint density at radius 1 is 0.688 bits per heavy atom. The average Bonchev–Trinajstić information content (AvgIpc) is 2.01. The van der Waals surface area contributed by atoms with Gasteiger partial charge in [-0.05, 0) is 0 Å². The number of alkyl halides is 9. The molecule has 0 aromatic rings. The van der Waals surface area contributed by atoms with E-state index < -0.39 is 24.1 Å². The van der Waals surface area contributed by atoms with E-state index >= 15 is 0 Å². The molecular weight excluding hydrogens is 263 g/mol. The molecular formula is C5H3F9O2. The lowest BCUT2D eigenvalue weighted by molar-refractivity contribution is -0.514. The van der Waals surface area contributed by atoms with Gasteiger partial charge in [0, 0.05) is 0 Å². The van der Waals surface area contributed by atoms with E-state index in [1.165, 1.54) is 0 Å². The smallest absolute Gasteiger partial charge is 0.234 e. The maximum Gasteiger partial charge on any atom is 0.460 e. The first-order chi connectivity index (χ1) is 6.81. The van der Waals surface area contributed by atoms with E-state index in [0.717, 1.165) is 0 Å². The lowest BCUT2D eigenvalue weighted by Gasteiger charge is -2.31. The van der Waals surface area contributed by atoms with Gasteiger partial charge in [-0.15, -0.1) is 0 Å². The van der Waals surface area contributed by atoms with Crippen molar-refractivity contribution < 1.29 is 49.3 Å². The van der Waals surface area contributed by atoms with Gasteiger partial charge in [0.15, 0.2) is 0 Å². The van der Waals surface area contributed by atoms with Crippen molar-refractivity contribution in [2.24, 2.45) is 0 Å². The van der Waals surface area contributed by atoms with Crippen LogP contribution in [-0.4, -0.2) is 31.2 Å². The van der Waals surface area contributed by atoms with Gasteiger partial charge in [-0.1, -0.05) is 0 Å². The summed E-state index contributed by atoms with van der Waals surface area (Å²) in [5.41, 5.74) is 0. The molecule has 0 rings (SSSR count). The van der Waals surface area contributed by atoms with Gasteiger partial charge in [-0.25, -0.2) is 4.89 Å². The highest BCUT2D eigenvalue weighted by atomic mass is 19.4. The van der Waals surface area contributed by atoms with Crippen molar-refractivity contribution in [1.82, 2.24) is 0 Å². The predicted octanol–water partition coefficient (Wildman–Crippen LogP) is 2.99. The Bertz CT molecular complexity index is 245. The Balaban J connectivity index is 5.34. The van der Waals surface area contributed by atoms with Crippen LogP contribution >= 0.6 is 0 Å². The summed E-state index contributed by atoms with van der Waals surface area (Å²) in [6, 6.07) is 0. The van der Waals surface area contributed by atoms with E-state index in [9.17, 15) is 39.5 Å². The molecule has 0 unspecified atom stereocenters. The first kappa shape index (κ1) is 15.3. The molecule has 0 spiro atoms. The lowest BCUT2D eigenvalue weighted by atomic mass is 10.1. The zero-order valence-corrected chi connectivity index (χ0v) is 7.22. The minimum absolute atomic E-state index is 0.232. The molecule has 0 radical (unpaired) electrons. The molecule has 0 heterocycles. The summed E-state index contributed by atoms with van der Waals surface area (Å²) in [5.74, 6) is -13.8. The van der Waals surface area contributed by atoms with E-state index in [1.54, 1.807) is 0 Å². The quantitative estimate of drug-likeness (QED) is 0.442. The third-order valence-corrected chi connectivity index (χ3v) is 1.30. The highest BCUT2D eigenvalue weighted by Crippen LogP contribution is 2.53. The van der Waals surface area contributed by atoms with E-state index in [1.807, 2.05) is 0 Å². The molecule has 0 aliphatic heterocycles. The third-order valence-electron chi connectivity index (χ3n) is 1.30. The topological polar surface area (TPSA) is 18.5 Å². The molecule has 0 aliphatic rings. The second kappa shape index (κ2) is 3.95. The van der Waals surface area contributed by atoms with Crippen LogP contribution in [0.25, 0.3) is 0 Å². The van der Waals surface area contributed by atoms with Gasteiger partial charge in [-0.2, -0.15) is 44.4 Å². The SMILES string of the molecule is COOC(F)(F)C(F)(F)C(F)(F)C(F)(F)F. The molecule has 11 heteroatoms. The van der Waals surface area contributed by atoms with Gasteiger partial charge in [0.05, 0.1) is 7.11 Å². The summed E-state index contributed by atoms with van der Waals surface area (Å²) in [4.78, 5) is 5.38. The standard InChI is InChI=1S/C5H3F9O2/c1-15-16-5(13,14)3(8,9)2(6,7)4(10,11)12/h1H3. The summed E-state index contributed by atoms with van der Waals surface area (Å²) in [6.45, 7) is 0. The van der Waals surface area contributed by atoms with Crippen LogP contribution in [0.2, 0.25) is 0 Å². The maximum atomic E-state index is 12.2. The Kier molecular flexibility index (Phi) is 3.77. The predicted molar refractivity (Wildman–Crippen MR) is 29.0 cm³/mol. The van der Waals surface area contributed by atoms with Crippen LogP contribution in [0.1, 0.15) is 0 Å².